The van der Waals surface area contributed by atoms with Crippen LogP contribution in [0, 0.1) is 12.8 Å². The molecule has 6 heteroatoms. The van der Waals surface area contributed by atoms with Crippen LogP contribution in [-0.4, -0.2) is 29.8 Å². The lowest BCUT2D eigenvalue weighted by atomic mass is 10.1. The van der Waals surface area contributed by atoms with Crippen LogP contribution in [0.3, 0.4) is 0 Å². The van der Waals surface area contributed by atoms with Crippen molar-refractivity contribution in [1.29, 1.82) is 0 Å². The minimum Gasteiger partial charge on any atom is -0.492 e. The average molecular weight is 396 g/mol. The predicted molar refractivity (Wildman–Crippen MR) is 99.7 cm³/mol. The number of methoxy groups -OCH3 is 1. The Bertz CT molecular complexity index is 658. The van der Waals surface area contributed by atoms with Crippen LogP contribution in [0.25, 0.3) is 0 Å². The zero-order chi connectivity index (χ0) is 17.5. The van der Waals surface area contributed by atoms with Crippen molar-refractivity contribution in [3.63, 3.8) is 0 Å². The molecule has 0 radical (unpaired) electrons. The van der Waals surface area contributed by atoms with Crippen molar-refractivity contribution in [3.05, 3.63) is 40.4 Å². The fourth-order valence-corrected chi connectivity index (χ4v) is 3.30. The topological polar surface area (TPSA) is 48.3 Å². The maximum absolute atomic E-state index is 5.67. The number of rotatable bonds is 9. The van der Waals surface area contributed by atoms with E-state index in [4.69, 9.17) is 9.47 Å². The van der Waals surface area contributed by atoms with Crippen molar-refractivity contribution in [3.8, 4) is 11.5 Å². The molecular formula is C18H26BrN3O2. The molecule has 0 bridgehead atoms. The zero-order valence-corrected chi connectivity index (χ0v) is 16.4. The Morgan fingerprint density at radius 2 is 2.17 bits per heavy atom. The number of ether oxygens (including phenoxy) is 2. The zero-order valence-electron chi connectivity index (χ0n) is 14.8. The lowest BCUT2D eigenvalue weighted by Gasteiger charge is -2.16. The van der Waals surface area contributed by atoms with Gasteiger partial charge in [0.2, 0.25) is 0 Å². The minimum atomic E-state index is 0.519. The van der Waals surface area contributed by atoms with Gasteiger partial charge in [0, 0.05) is 25.5 Å². The van der Waals surface area contributed by atoms with Crippen LogP contribution in [-0.2, 0) is 13.1 Å². The van der Waals surface area contributed by atoms with Gasteiger partial charge in [0.05, 0.1) is 18.2 Å². The molecular weight excluding hydrogens is 370 g/mol. The second-order valence-corrected chi connectivity index (χ2v) is 6.76. The maximum atomic E-state index is 5.67. The van der Waals surface area contributed by atoms with Gasteiger partial charge in [-0.3, -0.25) is 0 Å². The molecule has 1 N–H and O–H groups in total. The third-order valence-corrected chi connectivity index (χ3v) is 4.42. The SMILES string of the molecule is CCOc1cc(CNCC(C)Cn2ccnc2C)cc(Br)c1OC. The molecule has 0 spiro atoms. The average Bonchev–Trinajstić information content (AvgIpc) is 2.92. The van der Waals surface area contributed by atoms with Crippen molar-refractivity contribution in [2.75, 3.05) is 20.3 Å². The molecule has 2 aromatic rings. The van der Waals surface area contributed by atoms with E-state index in [0.717, 1.165) is 47.0 Å². The number of aromatic nitrogens is 2. The lowest BCUT2D eigenvalue weighted by molar-refractivity contribution is 0.309. The van der Waals surface area contributed by atoms with E-state index in [-0.39, 0.29) is 0 Å². The van der Waals surface area contributed by atoms with Crippen molar-refractivity contribution < 1.29 is 9.47 Å². The highest BCUT2D eigenvalue weighted by Gasteiger charge is 2.11. The quantitative estimate of drug-likeness (QED) is 0.701. The second kappa shape index (κ2) is 9.08. The number of aryl methyl sites for hydroxylation is 1. The predicted octanol–water partition coefficient (Wildman–Crippen LogP) is 3.79. The number of nitrogens with one attached hydrogen (secondary N) is 1. The van der Waals surface area contributed by atoms with E-state index in [1.807, 2.05) is 32.3 Å². The molecule has 0 saturated carbocycles. The summed E-state index contributed by atoms with van der Waals surface area (Å²) in [5.74, 6) is 3.09. The van der Waals surface area contributed by atoms with Crippen molar-refractivity contribution in [1.82, 2.24) is 14.9 Å². The van der Waals surface area contributed by atoms with E-state index in [2.05, 4.69) is 43.8 Å². The first-order valence-electron chi connectivity index (χ1n) is 8.22. The third kappa shape index (κ3) is 4.98. The maximum Gasteiger partial charge on any atom is 0.174 e. The number of halogens is 1. The first-order valence-corrected chi connectivity index (χ1v) is 9.02. The highest BCUT2D eigenvalue weighted by atomic mass is 79.9. The summed E-state index contributed by atoms with van der Waals surface area (Å²) in [5.41, 5.74) is 1.16. The lowest BCUT2D eigenvalue weighted by Crippen LogP contribution is -2.24. The Morgan fingerprint density at radius 3 is 2.79 bits per heavy atom. The number of benzene rings is 1. The van der Waals surface area contributed by atoms with E-state index in [1.165, 1.54) is 0 Å². The molecule has 0 aliphatic heterocycles. The number of hydrogen-bond donors (Lipinski definition) is 1. The molecule has 0 amide bonds. The minimum absolute atomic E-state index is 0.519. The molecule has 1 unspecified atom stereocenters. The summed E-state index contributed by atoms with van der Waals surface area (Å²) in [7, 11) is 1.65. The summed E-state index contributed by atoms with van der Waals surface area (Å²) >= 11 is 3.55. The first kappa shape index (κ1) is 18.8. The second-order valence-electron chi connectivity index (χ2n) is 5.90. The fourth-order valence-electron chi connectivity index (χ4n) is 2.64. The Kier molecular flexibility index (Phi) is 7.12. The third-order valence-electron chi connectivity index (χ3n) is 3.83. The van der Waals surface area contributed by atoms with E-state index >= 15 is 0 Å². The molecule has 1 aromatic carbocycles. The van der Waals surface area contributed by atoms with E-state index < -0.39 is 0 Å². The van der Waals surface area contributed by atoms with Gasteiger partial charge in [-0.05, 0) is 59.9 Å². The molecule has 0 aliphatic rings. The van der Waals surface area contributed by atoms with Gasteiger partial charge in [0.25, 0.3) is 0 Å². The summed E-state index contributed by atoms with van der Waals surface area (Å²) in [6.07, 6.45) is 3.88. The Labute approximate surface area is 152 Å². The summed E-state index contributed by atoms with van der Waals surface area (Å²) < 4.78 is 14.2. The van der Waals surface area contributed by atoms with Gasteiger partial charge in [-0.1, -0.05) is 6.92 Å². The molecule has 132 valence electrons. The smallest absolute Gasteiger partial charge is 0.174 e. The van der Waals surface area contributed by atoms with Crippen LogP contribution in [0.2, 0.25) is 0 Å². The normalized spacial score (nSPS) is 12.2. The van der Waals surface area contributed by atoms with Crippen LogP contribution in [0.4, 0.5) is 0 Å². The standard InChI is InChI=1S/C18H26BrN3O2/c1-5-24-17-9-15(8-16(19)18(17)23-4)11-20-10-13(2)12-22-7-6-21-14(22)3/h6-9,13,20H,5,10-12H2,1-4H3. The van der Waals surface area contributed by atoms with E-state index in [0.29, 0.717) is 12.5 Å². The monoisotopic (exact) mass is 395 g/mol. The van der Waals surface area contributed by atoms with Crippen LogP contribution in [0.1, 0.15) is 25.2 Å². The number of nitrogens with zero attached hydrogens (tertiary/aromatic N) is 2. The van der Waals surface area contributed by atoms with Crippen molar-refractivity contribution in [2.45, 2.75) is 33.9 Å². The van der Waals surface area contributed by atoms with Crippen LogP contribution < -0.4 is 14.8 Å². The molecule has 1 heterocycles. The van der Waals surface area contributed by atoms with Gasteiger partial charge in [-0.25, -0.2) is 4.98 Å². The molecule has 1 aromatic heterocycles. The molecule has 0 aliphatic carbocycles. The number of hydrogen-bond acceptors (Lipinski definition) is 4. The van der Waals surface area contributed by atoms with Gasteiger partial charge in [-0.15, -0.1) is 0 Å². The summed E-state index contributed by atoms with van der Waals surface area (Å²) in [4.78, 5) is 4.26. The molecule has 1 atom stereocenters. The van der Waals surface area contributed by atoms with Crippen LogP contribution in [0.15, 0.2) is 29.0 Å². The fraction of sp³-hybridized carbons (Fsp3) is 0.500. The molecule has 5 nitrogen and oxygen atoms in total. The van der Waals surface area contributed by atoms with Gasteiger partial charge >= 0.3 is 0 Å². The highest BCUT2D eigenvalue weighted by Crippen LogP contribution is 2.36. The van der Waals surface area contributed by atoms with Crippen LogP contribution >= 0.6 is 15.9 Å². The van der Waals surface area contributed by atoms with Crippen molar-refractivity contribution >= 4 is 15.9 Å². The summed E-state index contributed by atoms with van der Waals surface area (Å²) in [6, 6.07) is 4.10. The number of imidazole rings is 1. The Morgan fingerprint density at radius 1 is 1.38 bits per heavy atom. The van der Waals surface area contributed by atoms with Gasteiger partial charge in [-0.2, -0.15) is 0 Å². The largest absolute Gasteiger partial charge is 0.492 e. The molecule has 2 rings (SSSR count). The highest BCUT2D eigenvalue weighted by molar-refractivity contribution is 9.10. The molecule has 24 heavy (non-hydrogen) atoms. The summed E-state index contributed by atoms with van der Waals surface area (Å²) in [5, 5.41) is 3.52. The van der Waals surface area contributed by atoms with E-state index in [1.54, 1.807) is 7.11 Å². The van der Waals surface area contributed by atoms with Crippen molar-refractivity contribution in [2.24, 2.45) is 5.92 Å². The Hall–Kier alpha value is -1.53. The molecule has 0 saturated heterocycles. The Balaban J connectivity index is 1.90. The van der Waals surface area contributed by atoms with E-state index in [9.17, 15) is 0 Å². The van der Waals surface area contributed by atoms with Crippen LogP contribution in [0.5, 0.6) is 11.5 Å². The molecule has 0 fully saturated rings. The van der Waals surface area contributed by atoms with Gasteiger partial charge in [0.1, 0.15) is 5.82 Å². The summed E-state index contributed by atoms with van der Waals surface area (Å²) in [6.45, 7) is 9.54. The van der Waals surface area contributed by atoms with Gasteiger partial charge in [0.15, 0.2) is 11.5 Å². The van der Waals surface area contributed by atoms with Gasteiger partial charge < -0.3 is 19.4 Å². The first-order chi connectivity index (χ1) is 11.5.